The van der Waals surface area contributed by atoms with Gasteiger partial charge in [0.2, 0.25) is 0 Å². The van der Waals surface area contributed by atoms with E-state index in [4.69, 9.17) is 4.42 Å². The summed E-state index contributed by atoms with van der Waals surface area (Å²) in [6, 6.07) is 11.1. The van der Waals surface area contributed by atoms with Crippen LogP contribution in [0.1, 0.15) is 32.0 Å². The number of aromatic nitrogens is 2. The third-order valence-corrected chi connectivity index (χ3v) is 3.66. The molecule has 1 N–H and O–H groups in total. The standard InChI is InChI=1S/C18H17N3O4/c1-12-3-5-13(6-4-12)10-21-16(7-8-19-21)20-17(22)15-9-14(11-25-15)18(23)24-2/h3-9,11H,10H2,1-2H3,(H,20,22). The van der Waals surface area contributed by atoms with E-state index in [9.17, 15) is 9.59 Å². The number of nitrogens with one attached hydrogen (secondary N) is 1. The second-order valence-corrected chi connectivity index (χ2v) is 5.51. The zero-order valence-corrected chi connectivity index (χ0v) is 13.9. The Bertz CT molecular complexity index is 893. The van der Waals surface area contributed by atoms with Crippen molar-refractivity contribution in [3.8, 4) is 0 Å². The molecule has 3 rings (SSSR count). The average Bonchev–Trinajstić information content (AvgIpc) is 3.26. The molecule has 0 bridgehead atoms. The van der Waals surface area contributed by atoms with Crippen LogP contribution in [0.5, 0.6) is 0 Å². The fraction of sp³-hybridized carbons (Fsp3) is 0.167. The number of aryl methyl sites for hydroxylation is 1. The number of ether oxygens (including phenoxy) is 1. The fourth-order valence-electron chi connectivity index (χ4n) is 2.29. The number of anilines is 1. The van der Waals surface area contributed by atoms with Crippen molar-refractivity contribution in [2.45, 2.75) is 13.5 Å². The summed E-state index contributed by atoms with van der Waals surface area (Å²) in [5, 5.41) is 6.95. The SMILES string of the molecule is COC(=O)c1coc(C(=O)Nc2ccnn2Cc2ccc(C)cc2)c1. The number of benzene rings is 1. The van der Waals surface area contributed by atoms with Gasteiger partial charge in [-0.1, -0.05) is 29.8 Å². The Balaban J connectivity index is 1.72. The Morgan fingerprint density at radius 3 is 2.72 bits per heavy atom. The molecule has 1 amide bonds. The molecular weight excluding hydrogens is 322 g/mol. The molecule has 0 radical (unpaired) electrons. The second-order valence-electron chi connectivity index (χ2n) is 5.51. The van der Waals surface area contributed by atoms with Gasteiger partial charge in [0, 0.05) is 12.1 Å². The van der Waals surface area contributed by atoms with Crippen LogP contribution >= 0.6 is 0 Å². The highest BCUT2D eigenvalue weighted by Gasteiger charge is 2.17. The van der Waals surface area contributed by atoms with Gasteiger partial charge in [-0.25, -0.2) is 9.48 Å². The van der Waals surface area contributed by atoms with Gasteiger partial charge >= 0.3 is 5.97 Å². The molecule has 1 aromatic carbocycles. The lowest BCUT2D eigenvalue weighted by atomic mass is 10.1. The number of carbonyl (C=O) groups excluding carboxylic acids is 2. The van der Waals surface area contributed by atoms with E-state index >= 15 is 0 Å². The van der Waals surface area contributed by atoms with Gasteiger partial charge < -0.3 is 14.5 Å². The van der Waals surface area contributed by atoms with Gasteiger partial charge in [-0.3, -0.25) is 4.79 Å². The van der Waals surface area contributed by atoms with Crippen molar-refractivity contribution in [1.82, 2.24) is 9.78 Å². The Labute approximate surface area is 144 Å². The average molecular weight is 339 g/mol. The number of nitrogens with zero attached hydrogens (tertiary/aromatic N) is 2. The molecule has 7 heteroatoms. The van der Waals surface area contributed by atoms with Crippen LogP contribution in [0.15, 0.2) is 53.3 Å². The first kappa shape index (κ1) is 16.5. The minimum Gasteiger partial charge on any atom is -0.465 e. The van der Waals surface area contributed by atoms with Crippen molar-refractivity contribution in [3.05, 3.63) is 71.3 Å². The molecule has 0 spiro atoms. The summed E-state index contributed by atoms with van der Waals surface area (Å²) in [6.07, 6.45) is 2.79. The molecular formula is C18H17N3O4. The normalized spacial score (nSPS) is 10.5. The summed E-state index contributed by atoms with van der Waals surface area (Å²) < 4.78 is 11.4. The maximum Gasteiger partial charge on any atom is 0.341 e. The third-order valence-electron chi connectivity index (χ3n) is 3.66. The molecule has 0 aliphatic heterocycles. The van der Waals surface area contributed by atoms with Crippen LogP contribution < -0.4 is 5.32 Å². The van der Waals surface area contributed by atoms with E-state index in [1.165, 1.54) is 25.0 Å². The Kier molecular flexibility index (Phi) is 4.65. The van der Waals surface area contributed by atoms with E-state index in [1.807, 2.05) is 31.2 Å². The quantitative estimate of drug-likeness (QED) is 0.722. The molecule has 7 nitrogen and oxygen atoms in total. The Morgan fingerprint density at radius 1 is 1.24 bits per heavy atom. The Hall–Kier alpha value is -3.35. The summed E-state index contributed by atoms with van der Waals surface area (Å²) in [6.45, 7) is 2.55. The largest absolute Gasteiger partial charge is 0.465 e. The predicted octanol–water partition coefficient (Wildman–Crippen LogP) is 2.87. The number of carbonyl (C=O) groups is 2. The van der Waals surface area contributed by atoms with Crippen LogP contribution in [-0.2, 0) is 11.3 Å². The van der Waals surface area contributed by atoms with Gasteiger partial charge in [-0.05, 0) is 12.5 Å². The first-order valence-electron chi connectivity index (χ1n) is 7.62. The lowest BCUT2D eigenvalue weighted by Gasteiger charge is -2.08. The van der Waals surface area contributed by atoms with Crippen molar-refractivity contribution >= 4 is 17.7 Å². The second kappa shape index (κ2) is 7.04. The number of hydrogen-bond acceptors (Lipinski definition) is 5. The molecule has 2 aromatic heterocycles. The van der Waals surface area contributed by atoms with Gasteiger partial charge in [0.15, 0.2) is 5.76 Å². The van der Waals surface area contributed by atoms with E-state index in [0.29, 0.717) is 12.4 Å². The molecule has 3 aromatic rings. The van der Waals surface area contributed by atoms with Crippen LogP contribution in [0.4, 0.5) is 5.82 Å². The van der Waals surface area contributed by atoms with Crippen LogP contribution in [0.2, 0.25) is 0 Å². The molecule has 0 fully saturated rings. The molecule has 128 valence electrons. The zero-order valence-electron chi connectivity index (χ0n) is 13.9. The van der Waals surface area contributed by atoms with Gasteiger partial charge in [0.1, 0.15) is 12.1 Å². The maximum absolute atomic E-state index is 12.3. The van der Waals surface area contributed by atoms with E-state index in [1.54, 1.807) is 16.9 Å². The summed E-state index contributed by atoms with van der Waals surface area (Å²) in [7, 11) is 1.26. The van der Waals surface area contributed by atoms with Gasteiger partial charge in [0.25, 0.3) is 5.91 Å². The molecule has 0 saturated carbocycles. The highest BCUT2D eigenvalue weighted by Crippen LogP contribution is 2.14. The number of furan rings is 1. The summed E-state index contributed by atoms with van der Waals surface area (Å²) in [5.74, 6) is -0.488. The molecule has 0 atom stereocenters. The molecule has 2 heterocycles. The molecule has 0 aliphatic rings. The zero-order chi connectivity index (χ0) is 17.8. The van der Waals surface area contributed by atoms with Crippen molar-refractivity contribution < 1.29 is 18.7 Å². The molecule has 0 aliphatic carbocycles. The van der Waals surface area contributed by atoms with Gasteiger partial charge in [-0.2, -0.15) is 5.10 Å². The van der Waals surface area contributed by atoms with E-state index in [0.717, 1.165) is 5.56 Å². The maximum atomic E-state index is 12.3. The highest BCUT2D eigenvalue weighted by molar-refractivity contribution is 6.03. The minimum atomic E-state index is -0.563. The van der Waals surface area contributed by atoms with Crippen molar-refractivity contribution in [1.29, 1.82) is 0 Å². The number of hydrogen-bond donors (Lipinski definition) is 1. The van der Waals surface area contributed by atoms with Gasteiger partial charge in [0.05, 0.1) is 25.4 Å². The van der Waals surface area contributed by atoms with Crippen LogP contribution in [-0.4, -0.2) is 28.8 Å². The van der Waals surface area contributed by atoms with Crippen molar-refractivity contribution in [2.75, 3.05) is 12.4 Å². The van der Waals surface area contributed by atoms with E-state index in [-0.39, 0.29) is 11.3 Å². The first-order valence-corrected chi connectivity index (χ1v) is 7.62. The van der Waals surface area contributed by atoms with Crippen LogP contribution in [0, 0.1) is 6.92 Å². The molecule has 0 unspecified atom stereocenters. The summed E-state index contributed by atoms with van der Waals surface area (Å²) in [4.78, 5) is 23.7. The molecule has 0 saturated heterocycles. The number of methoxy groups -OCH3 is 1. The number of amides is 1. The van der Waals surface area contributed by atoms with Crippen molar-refractivity contribution in [3.63, 3.8) is 0 Å². The lowest BCUT2D eigenvalue weighted by molar-refractivity contribution is 0.0600. The topological polar surface area (TPSA) is 86.4 Å². The fourth-order valence-corrected chi connectivity index (χ4v) is 2.29. The predicted molar refractivity (Wildman–Crippen MR) is 90.5 cm³/mol. The monoisotopic (exact) mass is 339 g/mol. The molecule has 25 heavy (non-hydrogen) atoms. The third kappa shape index (κ3) is 3.77. The Morgan fingerprint density at radius 2 is 2.00 bits per heavy atom. The first-order chi connectivity index (χ1) is 12.1. The summed E-state index contributed by atoms with van der Waals surface area (Å²) >= 11 is 0. The minimum absolute atomic E-state index is 0.0171. The van der Waals surface area contributed by atoms with Crippen molar-refractivity contribution in [2.24, 2.45) is 0 Å². The summed E-state index contributed by atoms with van der Waals surface area (Å²) in [5.41, 5.74) is 2.42. The smallest absolute Gasteiger partial charge is 0.341 e. The highest BCUT2D eigenvalue weighted by atomic mass is 16.5. The van der Waals surface area contributed by atoms with E-state index in [2.05, 4.69) is 15.2 Å². The number of rotatable bonds is 5. The lowest BCUT2D eigenvalue weighted by Crippen LogP contribution is -2.15. The van der Waals surface area contributed by atoms with Crippen LogP contribution in [0.3, 0.4) is 0 Å². The number of esters is 1. The van der Waals surface area contributed by atoms with Gasteiger partial charge in [-0.15, -0.1) is 0 Å². The van der Waals surface area contributed by atoms with E-state index < -0.39 is 11.9 Å². The van der Waals surface area contributed by atoms with Crippen LogP contribution in [0.25, 0.3) is 0 Å².